The summed E-state index contributed by atoms with van der Waals surface area (Å²) in [6.45, 7) is 5.47. The van der Waals surface area contributed by atoms with Gasteiger partial charge in [-0.2, -0.15) is 0 Å². The molecule has 7 nitrogen and oxygen atoms in total. The number of benzene rings is 1. The summed E-state index contributed by atoms with van der Waals surface area (Å²) < 4.78 is 27.5. The fourth-order valence-corrected chi connectivity index (χ4v) is 2.80. The molecule has 0 aromatic heterocycles. The van der Waals surface area contributed by atoms with Crippen molar-refractivity contribution in [3.8, 4) is 5.75 Å². The molecule has 0 aliphatic heterocycles. The SMILES string of the molecule is CCOP(=O)(OCC)Oc1ccc([N+](=O)[O-])c(CC)c1. The summed E-state index contributed by atoms with van der Waals surface area (Å²) in [6, 6.07) is 4.17. The predicted molar refractivity (Wildman–Crippen MR) is 74.0 cm³/mol. The van der Waals surface area contributed by atoms with Crippen molar-refractivity contribution in [3.63, 3.8) is 0 Å². The average molecular weight is 303 g/mol. The van der Waals surface area contributed by atoms with Crippen LogP contribution in [-0.4, -0.2) is 18.1 Å². The van der Waals surface area contributed by atoms with Gasteiger partial charge >= 0.3 is 7.82 Å². The first kappa shape index (κ1) is 16.6. The lowest BCUT2D eigenvalue weighted by Gasteiger charge is -2.17. The van der Waals surface area contributed by atoms with E-state index in [1.807, 2.05) is 0 Å². The van der Waals surface area contributed by atoms with Gasteiger partial charge in [0.2, 0.25) is 0 Å². The van der Waals surface area contributed by atoms with E-state index in [0.29, 0.717) is 12.0 Å². The summed E-state index contributed by atoms with van der Waals surface area (Å²) in [5.74, 6) is 0.220. The molecule has 0 saturated carbocycles. The number of phosphoric ester groups is 1. The molecule has 0 aliphatic carbocycles. The number of rotatable bonds is 8. The van der Waals surface area contributed by atoms with Gasteiger partial charge in [0.15, 0.2) is 0 Å². The average Bonchev–Trinajstić information content (AvgIpc) is 2.38. The first-order valence-corrected chi connectivity index (χ1v) is 7.77. The van der Waals surface area contributed by atoms with Gasteiger partial charge in [0, 0.05) is 11.6 Å². The molecule has 0 unspecified atom stereocenters. The van der Waals surface area contributed by atoms with Gasteiger partial charge in [-0.15, -0.1) is 0 Å². The summed E-state index contributed by atoms with van der Waals surface area (Å²) in [6.07, 6.45) is 0.459. The van der Waals surface area contributed by atoms with Gasteiger partial charge in [-0.3, -0.25) is 19.2 Å². The number of hydrogen-bond donors (Lipinski definition) is 0. The number of nitro groups is 1. The zero-order chi connectivity index (χ0) is 15.2. The van der Waals surface area contributed by atoms with E-state index in [1.54, 1.807) is 20.8 Å². The van der Waals surface area contributed by atoms with E-state index in [-0.39, 0.29) is 24.7 Å². The van der Waals surface area contributed by atoms with Crippen LogP contribution in [-0.2, 0) is 20.0 Å². The number of nitrogens with zero attached hydrogens (tertiary/aromatic N) is 1. The predicted octanol–water partition coefficient (Wildman–Crippen LogP) is 3.72. The van der Waals surface area contributed by atoms with E-state index >= 15 is 0 Å². The third-order valence-electron chi connectivity index (χ3n) is 2.42. The lowest BCUT2D eigenvalue weighted by atomic mass is 10.1. The molecule has 0 N–H and O–H groups in total. The zero-order valence-electron chi connectivity index (χ0n) is 11.7. The van der Waals surface area contributed by atoms with Crippen LogP contribution in [0.25, 0.3) is 0 Å². The fourth-order valence-electron chi connectivity index (χ4n) is 1.62. The van der Waals surface area contributed by atoms with E-state index in [1.165, 1.54) is 18.2 Å². The van der Waals surface area contributed by atoms with E-state index in [4.69, 9.17) is 13.6 Å². The Labute approximate surface area is 117 Å². The quantitative estimate of drug-likeness (QED) is 0.413. The van der Waals surface area contributed by atoms with Crippen LogP contribution in [0.5, 0.6) is 5.75 Å². The number of hydrogen-bond acceptors (Lipinski definition) is 6. The molecule has 0 spiro atoms. The summed E-state index contributed by atoms with van der Waals surface area (Å²) in [7, 11) is -3.68. The molecule has 0 fully saturated rings. The van der Waals surface area contributed by atoms with Gasteiger partial charge in [-0.25, -0.2) is 4.57 Å². The topological polar surface area (TPSA) is 87.9 Å². The number of nitro benzene ring substituents is 1. The largest absolute Gasteiger partial charge is 0.530 e. The molecule has 112 valence electrons. The highest BCUT2D eigenvalue weighted by atomic mass is 31.2. The minimum Gasteiger partial charge on any atom is -0.404 e. The highest BCUT2D eigenvalue weighted by Crippen LogP contribution is 2.49. The van der Waals surface area contributed by atoms with Gasteiger partial charge in [0.1, 0.15) is 5.75 Å². The molecule has 1 aromatic carbocycles. The Bertz CT molecular complexity index is 509. The molecular weight excluding hydrogens is 285 g/mol. The standard InChI is InChI=1S/C12H18NO6P/c1-4-10-9-11(7-8-12(10)13(14)15)19-20(16,17-5-2)18-6-3/h7-9H,4-6H2,1-3H3. The summed E-state index contributed by atoms with van der Waals surface area (Å²) in [5.41, 5.74) is 0.495. The molecule has 0 heterocycles. The Morgan fingerprint density at radius 1 is 1.20 bits per heavy atom. The molecule has 0 radical (unpaired) electrons. The Kier molecular flexibility index (Phi) is 6.13. The lowest BCUT2D eigenvalue weighted by Crippen LogP contribution is -2.03. The van der Waals surface area contributed by atoms with Crippen molar-refractivity contribution in [2.24, 2.45) is 0 Å². The van der Waals surface area contributed by atoms with Crippen molar-refractivity contribution in [1.82, 2.24) is 0 Å². The minimum absolute atomic E-state index is 0.00232. The van der Waals surface area contributed by atoms with Crippen LogP contribution in [0.1, 0.15) is 26.3 Å². The van der Waals surface area contributed by atoms with Crippen LogP contribution < -0.4 is 4.52 Å². The maximum atomic E-state index is 12.2. The second kappa shape index (κ2) is 7.38. The third-order valence-corrected chi connectivity index (χ3v) is 4.00. The van der Waals surface area contributed by atoms with E-state index in [2.05, 4.69) is 0 Å². The van der Waals surface area contributed by atoms with Crippen molar-refractivity contribution >= 4 is 13.5 Å². The second-order valence-electron chi connectivity index (χ2n) is 3.78. The second-order valence-corrected chi connectivity index (χ2v) is 5.37. The molecule has 1 rings (SSSR count). The van der Waals surface area contributed by atoms with Gasteiger partial charge in [0.05, 0.1) is 18.1 Å². The smallest absolute Gasteiger partial charge is 0.404 e. The summed E-state index contributed by atoms with van der Waals surface area (Å²) in [4.78, 5) is 10.4. The summed E-state index contributed by atoms with van der Waals surface area (Å²) in [5, 5.41) is 10.8. The van der Waals surface area contributed by atoms with Gasteiger partial charge in [0.25, 0.3) is 5.69 Å². The molecule has 0 bridgehead atoms. The van der Waals surface area contributed by atoms with Crippen molar-refractivity contribution in [1.29, 1.82) is 0 Å². The molecule has 1 aromatic rings. The van der Waals surface area contributed by atoms with Crippen LogP contribution in [0.4, 0.5) is 5.69 Å². The van der Waals surface area contributed by atoms with Crippen molar-refractivity contribution in [2.75, 3.05) is 13.2 Å². The number of phosphoric acid groups is 1. The van der Waals surface area contributed by atoms with Crippen LogP contribution >= 0.6 is 7.82 Å². The minimum atomic E-state index is -3.68. The lowest BCUT2D eigenvalue weighted by molar-refractivity contribution is -0.385. The van der Waals surface area contributed by atoms with Crippen LogP contribution in [0.3, 0.4) is 0 Å². The third kappa shape index (κ3) is 4.30. The molecular formula is C12H18NO6P. The van der Waals surface area contributed by atoms with E-state index in [9.17, 15) is 14.7 Å². The van der Waals surface area contributed by atoms with Gasteiger partial charge in [-0.05, 0) is 32.4 Å². The summed E-state index contributed by atoms with van der Waals surface area (Å²) >= 11 is 0. The Morgan fingerprint density at radius 3 is 2.25 bits per heavy atom. The molecule has 0 aliphatic rings. The van der Waals surface area contributed by atoms with Crippen molar-refractivity contribution < 1.29 is 23.1 Å². The van der Waals surface area contributed by atoms with Gasteiger partial charge < -0.3 is 4.52 Å². The Balaban J connectivity index is 3.02. The zero-order valence-corrected chi connectivity index (χ0v) is 12.6. The maximum Gasteiger partial charge on any atom is 0.530 e. The monoisotopic (exact) mass is 303 g/mol. The molecule has 20 heavy (non-hydrogen) atoms. The van der Waals surface area contributed by atoms with Crippen LogP contribution in [0, 0.1) is 10.1 Å². The first-order chi connectivity index (χ1) is 9.45. The van der Waals surface area contributed by atoms with Gasteiger partial charge in [-0.1, -0.05) is 6.92 Å². The Morgan fingerprint density at radius 2 is 1.80 bits per heavy atom. The maximum absolute atomic E-state index is 12.2. The van der Waals surface area contributed by atoms with Crippen LogP contribution in [0.15, 0.2) is 18.2 Å². The van der Waals surface area contributed by atoms with Crippen LogP contribution in [0.2, 0.25) is 0 Å². The molecule has 0 amide bonds. The highest BCUT2D eigenvalue weighted by molar-refractivity contribution is 7.48. The van der Waals surface area contributed by atoms with E-state index in [0.717, 1.165) is 0 Å². The molecule has 0 saturated heterocycles. The first-order valence-electron chi connectivity index (χ1n) is 6.31. The highest BCUT2D eigenvalue weighted by Gasteiger charge is 2.28. The number of aryl methyl sites for hydroxylation is 1. The normalized spacial score (nSPS) is 11.3. The van der Waals surface area contributed by atoms with E-state index < -0.39 is 12.7 Å². The fraction of sp³-hybridized carbons (Fsp3) is 0.500. The molecule has 8 heteroatoms. The Hall–Kier alpha value is -1.43. The molecule has 0 atom stereocenters. The van der Waals surface area contributed by atoms with Crippen molar-refractivity contribution in [2.45, 2.75) is 27.2 Å². The van der Waals surface area contributed by atoms with Crippen molar-refractivity contribution in [3.05, 3.63) is 33.9 Å².